The van der Waals surface area contributed by atoms with Crippen LogP contribution in [0.5, 0.6) is 5.75 Å². The molecule has 15 heavy (non-hydrogen) atoms. The van der Waals surface area contributed by atoms with Crippen molar-refractivity contribution in [3.05, 3.63) is 28.8 Å². The number of benzene rings is 1. The molecule has 2 rings (SSSR count). The van der Waals surface area contributed by atoms with Crippen molar-refractivity contribution in [2.24, 2.45) is 0 Å². The second kappa shape index (κ2) is 4.86. The first-order chi connectivity index (χ1) is 7.25. The standard InChI is InChI=1S/C12H16ClNO/c13-12-8-11(15)5-4-9(12)7-10-3-1-2-6-14-10/h4-5,8,10,14-15H,1-3,6-7H2. The van der Waals surface area contributed by atoms with Crippen molar-refractivity contribution < 1.29 is 5.11 Å². The highest BCUT2D eigenvalue weighted by atomic mass is 35.5. The fourth-order valence-corrected chi connectivity index (χ4v) is 2.32. The van der Waals surface area contributed by atoms with Crippen molar-refractivity contribution in [3.8, 4) is 5.75 Å². The van der Waals surface area contributed by atoms with Gasteiger partial charge in [0.15, 0.2) is 0 Å². The molecule has 1 atom stereocenters. The van der Waals surface area contributed by atoms with Gasteiger partial charge in [0, 0.05) is 11.1 Å². The van der Waals surface area contributed by atoms with Gasteiger partial charge in [0.25, 0.3) is 0 Å². The molecular weight excluding hydrogens is 210 g/mol. The molecule has 1 aliphatic heterocycles. The summed E-state index contributed by atoms with van der Waals surface area (Å²) in [4.78, 5) is 0. The Morgan fingerprint density at radius 2 is 2.27 bits per heavy atom. The highest BCUT2D eigenvalue weighted by Gasteiger charge is 2.14. The van der Waals surface area contributed by atoms with Crippen molar-refractivity contribution in [3.63, 3.8) is 0 Å². The Kier molecular flexibility index (Phi) is 3.49. The molecule has 1 aliphatic rings. The lowest BCUT2D eigenvalue weighted by Crippen LogP contribution is -2.35. The zero-order valence-corrected chi connectivity index (χ0v) is 9.43. The topological polar surface area (TPSA) is 32.3 Å². The molecule has 0 aliphatic carbocycles. The van der Waals surface area contributed by atoms with Gasteiger partial charge >= 0.3 is 0 Å². The number of rotatable bonds is 2. The van der Waals surface area contributed by atoms with E-state index in [0.717, 1.165) is 18.5 Å². The van der Waals surface area contributed by atoms with Gasteiger partial charge in [-0.05, 0) is 43.5 Å². The largest absolute Gasteiger partial charge is 0.508 e. The third-order valence-electron chi connectivity index (χ3n) is 2.92. The quantitative estimate of drug-likeness (QED) is 0.811. The van der Waals surface area contributed by atoms with Crippen molar-refractivity contribution in [2.45, 2.75) is 31.7 Å². The molecule has 2 nitrogen and oxygen atoms in total. The second-order valence-electron chi connectivity index (χ2n) is 4.13. The van der Waals surface area contributed by atoms with Crippen LogP contribution in [0.15, 0.2) is 18.2 Å². The van der Waals surface area contributed by atoms with Crippen LogP contribution in [0.1, 0.15) is 24.8 Å². The third kappa shape index (κ3) is 2.86. The summed E-state index contributed by atoms with van der Waals surface area (Å²) < 4.78 is 0. The minimum atomic E-state index is 0.236. The van der Waals surface area contributed by atoms with Crippen LogP contribution in [-0.4, -0.2) is 17.7 Å². The summed E-state index contributed by atoms with van der Waals surface area (Å²) in [5.41, 5.74) is 1.12. The molecule has 0 spiro atoms. The van der Waals surface area contributed by atoms with Crippen LogP contribution < -0.4 is 5.32 Å². The van der Waals surface area contributed by atoms with Crippen LogP contribution in [0.3, 0.4) is 0 Å². The molecule has 1 aromatic carbocycles. The van der Waals surface area contributed by atoms with Crippen molar-refractivity contribution >= 4 is 11.6 Å². The van der Waals surface area contributed by atoms with Gasteiger partial charge < -0.3 is 10.4 Å². The first kappa shape index (κ1) is 10.8. The van der Waals surface area contributed by atoms with Crippen molar-refractivity contribution in [1.29, 1.82) is 0 Å². The van der Waals surface area contributed by atoms with E-state index >= 15 is 0 Å². The second-order valence-corrected chi connectivity index (χ2v) is 4.53. The molecular formula is C12H16ClNO. The number of nitrogens with one attached hydrogen (secondary N) is 1. The Morgan fingerprint density at radius 3 is 2.93 bits per heavy atom. The molecule has 1 unspecified atom stereocenters. The predicted octanol–water partition coefficient (Wildman–Crippen LogP) is 2.73. The van der Waals surface area contributed by atoms with Crippen LogP contribution >= 0.6 is 11.6 Å². The molecule has 0 saturated carbocycles. The van der Waals surface area contributed by atoms with E-state index in [0.29, 0.717) is 11.1 Å². The van der Waals surface area contributed by atoms with Crippen molar-refractivity contribution in [1.82, 2.24) is 5.32 Å². The van der Waals surface area contributed by atoms with E-state index in [-0.39, 0.29) is 5.75 Å². The Labute approximate surface area is 95.3 Å². The maximum Gasteiger partial charge on any atom is 0.117 e. The average molecular weight is 226 g/mol. The fraction of sp³-hybridized carbons (Fsp3) is 0.500. The molecule has 82 valence electrons. The fourth-order valence-electron chi connectivity index (χ4n) is 2.07. The Bertz CT molecular complexity index is 334. The van der Waals surface area contributed by atoms with E-state index in [2.05, 4.69) is 5.32 Å². The van der Waals surface area contributed by atoms with Crippen LogP contribution in [0.25, 0.3) is 0 Å². The number of hydrogen-bond donors (Lipinski definition) is 2. The van der Waals surface area contributed by atoms with Crippen LogP contribution in [-0.2, 0) is 6.42 Å². The van der Waals surface area contributed by atoms with Crippen LogP contribution in [0.2, 0.25) is 5.02 Å². The molecule has 1 aromatic rings. The van der Waals surface area contributed by atoms with E-state index in [1.54, 1.807) is 12.1 Å². The maximum absolute atomic E-state index is 9.24. The van der Waals surface area contributed by atoms with Gasteiger partial charge in [0.1, 0.15) is 5.75 Å². The van der Waals surface area contributed by atoms with Crippen LogP contribution in [0, 0.1) is 0 Å². The van der Waals surface area contributed by atoms with E-state index in [9.17, 15) is 5.11 Å². The summed E-state index contributed by atoms with van der Waals surface area (Å²) in [6.07, 6.45) is 4.75. The molecule has 1 fully saturated rings. The van der Waals surface area contributed by atoms with E-state index in [4.69, 9.17) is 11.6 Å². The van der Waals surface area contributed by atoms with E-state index < -0.39 is 0 Å². The Morgan fingerprint density at radius 1 is 1.40 bits per heavy atom. The predicted molar refractivity (Wildman–Crippen MR) is 62.5 cm³/mol. The zero-order chi connectivity index (χ0) is 10.7. The normalized spacial score (nSPS) is 21.5. The summed E-state index contributed by atoms with van der Waals surface area (Å²) in [7, 11) is 0. The first-order valence-electron chi connectivity index (χ1n) is 5.46. The summed E-state index contributed by atoms with van der Waals surface area (Å²) in [5, 5.41) is 13.4. The van der Waals surface area contributed by atoms with Gasteiger partial charge in [0.2, 0.25) is 0 Å². The van der Waals surface area contributed by atoms with Crippen molar-refractivity contribution in [2.75, 3.05) is 6.54 Å². The minimum absolute atomic E-state index is 0.236. The highest BCUT2D eigenvalue weighted by Crippen LogP contribution is 2.24. The molecule has 1 heterocycles. The SMILES string of the molecule is Oc1ccc(CC2CCCCN2)c(Cl)c1. The summed E-state index contributed by atoms with van der Waals surface area (Å²) in [6, 6.07) is 5.76. The molecule has 0 amide bonds. The molecule has 0 bridgehead atoms. The minimum Gasteiger partial charge on any atom is -0.508 e. The van der Waals surface area contributed by atoms with Crippen LogP contribution in [0.4, 0.5) is 0 Å². The Hall–Kier alpha value is -0.730. The Balaban J connectivity index is 2.03. The smallest absolute Gasteiger partial charge is 0.117 e. The number of halogens is 1. The number of hydrogen-bond acceptors (Lipinski definition) is 2. The summed E-state index contributed by atoms with van der Waals surface area (Å²) in [5.74, 6) is 0.236. The molecule has 0 radical (unpaired) electrons. The molecule has 0 aromatic heterocycles. The number of phenolic OH excluding ortho intramolecular Hbond substituents is 1. The lowest BCUT2D eigenvalue weighted by Gasteiger charge is -2.23. The summed E-state index contributed by atoms with van der Waals surface area (Å²) >= 11 is 6.06. The lowest BCUT2D eigenvalue weighted by atomic mass is 9.98. The summed E-state index contributed by atoms with van der Waals surface area (Å²) in [6.45, 7) is 1.11. The lowest BCUT2D eigenvalue weighted by molar-refractivity contribution is 0.399. The van der Waals surface area contributed by atoms with Gasteiger partial charge in [-0.2, -0.15) is 0 Å². The number of aromatic hydroxyl groups is 1. The van der Waals surface area contributed by atoms with E-state index in [1.165, 1.54) is 19.3 Å². The van der Waals surface area contributed by atoms with Gasteiger partial charge in [-0.15, -0.1) is 0 Å². The van der Waals surface area contributed by atoms with Gasteiger partial charge in [-0.25, -0.2) is 0 Å². The highest BCUT2D eigenvalue weighted by molar-refractivity contribution is 6.31. The number of piperidine rings is 1. The van der Waals surface area contributed by atoms with E-state index in [1.807, 2.05) is 6.07 Å². The zero-order valence-electron chi connectivity index (χ0n) is 8.67. The third-order valence-corrected chi connectivity index (χ3v) is 3.27. The monoisotopic (exact) mass is 225 g/mol. The first-order valence-corrected chi connectivity index (χ1v) is 5.84. The molecule has 3 heteroatoms. The van der Waals surface area contributed by atoms with Gasteiger partial charge in [0.05, 0.1) is 0 Å². The molecule has 2 N–H and O–H groups in total. The maximum atomic E-state index is 9.24. The van der Waals surface area contributed by atoms with Gasteiger partial charge in [-0.3, -0.25) is 0 Å². The van der Waals surface area contributed by atoms with Gasteiger partial charge in [-0.1, -0.05) is 24.1 Å². The average Bonchev–Trinajstić information content (AvgIpc) is 2.24. The number of phenols is 1. The molecule has 1 saturated heterocycles.